The van der Waals surface area contributed by atoms with E-state index in [0.29, 0.717) is 17.6 Å². The van der Waals surface area contributed by atoms with Crippen LogP contribution in [0.3, 0.4) is 0 Å². The van der Waals surface area contributed by atoms with Crippen molar-refractivity contribution in [3.63, 3.8) is 0 Å². The van der Waals surface area contributed by atoms with E-state index in [2.05, 4.69) is 41.5 Å². The fourth-order valence-corrected chi connectivity index (χ4v) is 1.53. The molecule has 0 aromatic carbocycles. The van der Waals surface area contributed by atoms with Crippen LogP contribution in [0.2, 0.25) is 0 Å². The number of ether oxygens (including phenoxy) is 2. The lowest BCUT2D eigenvalue weighted by Crippen LogP contribution is -2.26. The first-order valence-electron chi connectivity index (χ1n) is 9.69. The van der Waals surface area contributed by atoms with E-state index in [4.69, 9.17) is 9.47 Å². The first-order chi connectivity index (χ1) is 10.4. The fraction of sp³-hybridized carbons (Fsp3) is 1.00. The molecule has 0 saturated heterocycles. The molecule has 0 amide bonds. The Morgan fingerprint density at radius 2 is 0.760 bits per heavy atom. The Kier molecular flexibility index (Phi) is 18.4. The Labute approximate surface area is 163 Å². The predicted octanol–water partition coefficient (Wildman–Crippen LogP) is 7.47. The van der Waals surface area contributed by atoms with Gasteiger partial charge >= 0.3 is 0 Å². The van der Waals surface area contributed by atoms with Gasteiger partial charge in [-0.05, 0) is 65.2 Å². The van der Waals surface area contributed by atoms with Crippen LogP contribution in [-0.2, 0) is 9.47 Å². The minimum Gasteiger partial charge on any atom is -0.350 e. The second kappa shape index (κ2) is 14.1. The van der Waals surface area contributed by atoms with Crippen molar-refractivity contribution < 1.29 is 9.47 Å². The summed E-state index contributed by atoms with van der Waals surface area (Å²) >= 11 is 0. The molecule has 0 bridgehead atoms. The van der Waals surface area contributed by atoms with E-state index in [9.17, 15) is 0 Å². The number of hydrogen-bond acceptors (Lipinski definition) is 2. The minimum absolute atomic E-state index is 0. The van der Waals surface area contributed by atoms with E-state index < -0.39 is 0 Å². The quantitative estimate of drug-likeness (QED) is 0.384. The van der Waals surface area contributed by atoms with E-state index in [1.54, 1.807) is 0 Å². The normalized spacial score (nSPS) is 12.2. The number of hydrogen-bond donors (Lipinski definition) is 0. The van der Waals surface area contributed by atoms with Crippen LogP contribution in [0, 0.1) is 10.8 Å². The Morgan fingerprint density at radius 3 is 0.920 bits per heavy atom. The first-order valence-corrected chi connectivity index (χ1v) is 9.69. The topological polar surface area (TPSA) is 18.5 Å². The van der Waals surface area contributed by atoms with Crippen LogP contribution in [0.4, 0.5) is 0 Å². The van der Waals surface area contributed by atoms with Crippen molar-refractivity contribution in [1.29, 1.82) is 0 Å². The molecule has 0 unspecified atom stereocenters. The third kappa shape index (κ3) is 45.4. The van der Waals surface area contributed by atoms with Crippen LogP contribution in [0.25, 0.3) is 0 Å². The molecule has 25 heavy (non-hydrogen) atoms. The molecule has 153 valence electrons. The molecule has 3 radical (unpaired) electrons. The van der Waals surface area contributed by atoms with Gasteiger partial charge in [-0.15, -0.1) is 0 Å². The predicted molar refractivity (Wildman–Crippen MR) is 116 cm³/mol. The van der Waals surface area contributed by atoms with Gasteiger partial charge in [0, 0.05) is 8.41 Å². The summed E-state index contributed by atoms with van der Waals surface area (Å²) in [5.74, 6) is 0. The summed E-state index contributed by atoms with van der Waals surface area (Å²) < 4.78 is 10.8. The molecule has 0 fully saturated rings. The number of rotatable bonds is 4. The molecular formula is C22H50BO2. The van der Waals surface area contributed by atoms with Crippen molar-refractivity contribution >= 4 is 8.41 Å². The van der Waals surface area contributed by atoms with Crippen LogP contribution in [0.5, 0.6) is 0 Å². The molecule has 0 rings (SSSR count). The highest BCUT2D eigenvalue weighted by molar-refractivity contribution is 5.75. The molecule has 0 saturated carbocycles. The highest BCUT2D eigenvalue weighted by atomic mass is 16.7. The summed E-state index contributed by atoms with van der Waals surface area (Å²) in [4.78, 5) is 0. The van der Waals surface area contributed by atoms with Crippen molar-refractivity contribution in [2.45, 2.75) is 127 Å². The summed E-state index contributed by atoms with van der Waals surface area (Å²) in [5.41, 5.74) is 0.826. The summed E-state index contributed by atoms with van der Waals surface area (Å²) in [5, 5.41) is 0. The highest BCUT2D eigenvalue weighted by Gasteiger charge is 2.14. The van der Waals surface area contributed by atoms with Crippen molar-refractivity contribution in [1.82, 2.24) is 0 Å². The fourth-order valence-electron chi connectivity index (χ4n) is 1.53. The van der Waals surface area contributed by atoms with Gasteiger partial charge in [0.1, 0.15) is 6.79 Å². The SMILES string of the molecule is CC.CC(C)(C)CCCC(C)(C)C.CC(C)(C)OCOC(C)(C)C.[B]. The monoisotopic (exact) mass is 357 g/mol. The lowest BCUT2D eigenvalue weighted by molar-refractivity contribution is -0.163. The van der Waals surface area contributed by atoms with Crippen LogP contribution < -0.4 is 0 Å². The summed E-state index contributed by atoms with van der Waals surface area (Å²) in [6.07, 6.45) is 4.07. The molecule has 0 spiro atoms. The molecular weight excluding hydrogens is 307 g/mol. The summed E-state index contributed by atoms with van der Waals surface area (Å²) in [6, 6.07) is 0. The standard InChI is InChI=1S/C11H24.C9H20O2.C2H6.B/c1-10(2,3)8-7-9-11(4,5)6;1-8(2,3)10-7-11-9(4,5)6;1-2;/h7-9H2,1-6H3;7H2,1-6H3;1-2H3;. The molecule has 0 aliphatic carbocycles. The van der Waals surface area contributed by atoms with Gasteiger partial charge in [-0.1, -0.05) is 61.8 Å². The Morgan fingerprint density at radius 1 is 0.520 bits per heavy atom. The Balaban J connectivity index is -0.000000155. The van der Waals surface area contributed by atoms with E-state index in [0.717, 1.165) is 0 Å². The molecule has 0 aliphatic rings. The van der Waals surface area contributed by atoms with E-state index in [1.807, 2.05) is 55.4 Å². The van der Waals surface area contributed by atoms with Crippen LogP contribution in [0.15, 0.2) is 0 Å². The molecule has 0 atom stereocenters. The minimum atomic E-state index is -0.106. The molecule has 2 nitrogen and oxygen atoms in total. The zero-order chi connectivity index (χ0) is 20.2. The highest BCUT2D eigenvalue weighted by Crippen LogP contribution is 2.27. The maximum atomic E-state index is 5.38. The molecule has 3 heteroatoms. The van der Waals surface area contributed by atoms with Crippen molar-refractivity contribution in [3.8, 4) is 0 Å². The molecule has 0 N–H and O–H groups in total. The van der Waals surface area contributed by atoms with E-state index in [1.165, 1.54) is 19.3 Å². The second-order valence-corrected chi connectivity index (χ2v) is 10.6. The smallest absolute Gasteiger partial charge is 0.148 e. The van der Waals surface area contributed by atoms with Crippen LogP contribution in [-0.4, -0.2) is 26.4 Å². The van der Waals surface area contributed by atoms with Crippen molar-refractivity contribution in [3.05, 3.63) is 0 Å². The van der Waals surface area contributed by atoms with Gasteiger partial charge in [0.05, 0.1) is 11.2 Å². The second-order valence-electron chi connectivity index (χ2n) is 10.6. The van der Waals surface area contributed by atoms with Crippen molar-refractivity contribution in [2.75, 3.05) is 6.79 Å². The van der Waals surface area contributed by atoms with Gasteiger partial charge in [0.25, 0.3) is 0 Å². The van der Waals surface area contributed by atoms with E-state index in [-0.39, 0.29) is 19.6 Å². The van der Waals surface area contributed by atoms with Gasteiger partial charge in [-0.25, -0.2) is 0 Å². The van der Waals surface area contributed by atoms with Gasteiger partial charge in [-0.3, -0.25) is 0 Å². The van der Waals surface area contributed by atoms with Crippen LogP contribution in [0.1, 0.15) is 116 Å². The summed E-state index contributed by atoms with van der Waals surface area (Å²) in [6.45, 7) is 30.3. The largest absolute Gasteiger partial charge is 0.350 e. The first kappa shape index (κ1) is 32.6. The third-order valence-corrected chi connectivity index (χ3v) is 2.84. The molecule has 0 aliphatic heterocycles. The Hall–Kier alpha value is -0.0151. The maximum absolute atomic E-state index is 5.38. The maximum Gasteiger partial charge on any atom is 0.148 e. The van der Waals surface area contributed by atoms with Gasteiger partial charge in [0.15, 0.2) is 0 Å². The summed E-state index contributed by atoms with van der Waals surface area (Å²) in [7, 11) is 0. The lowest BCUT2D eigenvalue weighted by atomic mass is 9.84. The van der Waals surface area contributed by atoms with Gasteiger partial charge in [0.2, 0.25) is 0 Å². The van der Waals surface area contributed by atoms with Gasteiger partial charge < -0.3 is 9.47 Å². The van der Waals surface area contributed by atoms with E-state index >= 15 is 0 Å². The van der Waals surface area contributed by atoms with Gasteiger partial charge in [-0.2, -0.15) is 0 Å². The Bertz CT molecular complexity index is 214. The average Bonchev–Trinajstić information content (AvgIpc) is 2.25. The zero-order valence-corrected chi connectivity index (χ0v) is 20.2. The molecule has 0 aromatic rings. The van der Waals surface area contributed by atoms with Crippen molar-refractivity contribution in [2.24, 2.45) is 10.8 Å². The average molecular weight is 357 g/mol. The molecule has 0 heterocycles. The lowest BCUT2D eigenvalue weighted by Gasteiger charge is -2.24. The third-order valence-electron chi connectivity index (χ3n) is 2.84. The zero-order valence-electron chi connectivity index (χ0n) is 20.2. The van der Waals surface area contributed by atoms with Crippen LogP contribution >= 0.6 is 0 Å². The molecule has 0 aromatic heterocycles.